The molecule has 0 radical (unpaired) electrons. The fourth-order valence-corrected chi connectivity index (χ4v) is 4.29. The highest BCUT2D eigenvalue weighted by Gasteiger charge is 2.33. The number of halogens is 3. The number of hydrogen-bond acceptors (Lipinski definition) is 4. The number of nitrogens with zero attached hydrogens (tertiary/aromatic N) is 4. The molecule has 1 amide bonds. The molecule has 0 fully saturated rings. The van der Waals surface area contributed by atoms with Crippen LogP contribution in [0, 0.1) is 11.3 Å². The Morgan fingerprint density at radius 3 is 2.58 bits per heavy atom. The molecule has 0 saturated carbocycles. The highest BCUT2D eigenvalue weighted by atomic mass is 32.1. The van der Waals surface area contributed by atoms with Gasteiger partial charge in [0.2, 0.25) is 5.91 Å². The average molecular weight is 543 g/mol. The Kier molecular flexibility index (Phi) is 9.85. The number of amides is 1. The number of imidazole rings is 1. The van der Waals surface area contributed by atoms with Gasteiger partial charge in [-0.1, -0.05) is 30.3 Å². The predicted octanol–water partition coefficient (Wildman–Crippen LogP) is 4.27. The number of thiocarbonyl (C=S) groups is 1. The first-order chi connectivity index (χ1) is 18.1. The fraction of sp³-hybridized carbons (Fsp3) is 0.333. The number of aromatic nitrogens is 2. The quantitative estimate of drug-likeness (QED) is 0.373. The molecule has 0 spiro atoms. The Morgan fingerprint density at radius 2 is 1.92 bits per heavy atom. The maximum Gasteiger partial charge on any atom is 0.416 e. The molecule has 0 aliphatic heterocycles. The predicted molar refractivity (Wildman–Crippen MR) is 142 cm³/mol. The lowest BCUT2D eigenvalue weighted by atomic mass is 10.1. The zero-order valence-electron chi connectivity index (χ0n) is 21.1. The minimum Gasteiger partial charge on any atom is -0.363 e. The van der Waals surface area contributed by atoms with Crippen molar-refractivity contribution in [1.29, 1.82) is 5.26 Å². The number of carbonyl (C=O) groups is 1. The molecule has 7 nitrogen and oxygen atoms in total. The van der Waals surface area contributed by atoms with Crippen molar-refractivity contribution in [2.75, 3.05) is 13.1 Å². The molecule has 1 atom stereocenters. The van der Waals surface area contributed by atoms with E-state index in [0.29, 0.717) is 29.5 Å². The van der Waals surface area contributed by atoms with Crippen LogP contribution in [0.5, 0.6) is 0 Å². The van der Waals surface area contributed by atoms with Crippen LogP contribution in [0.4, 0.5) is 13.2 Å². The molecule has 0 aliphatic carbocycles. The molecule has 1 unspecified atom stereocenters. The maximum atomic E-state index is 13.5. The van der Waals surface area contributed by atoms with E-state index in [4.69, 9.17) is 17.5 Å². The number of hydrogen-bond donors (Lipinski definition) is 2. The van der Waals surface area contributed by atoms with Crippen LogP contribution >= 0.6 is 12.2 Å². The molecule has 200 valence electrons. The van der Waals surface area contributed by atoms with Gasteiger partial charge >= 0.3 is 6.18 Å². The van der Waals surface area contributed by atoms with Crippen molar-refractivity contribution in [3.63, 3.8) is 0 Å². The van der Waals surface area contributed by atoms with Crippen molar-refractivity contribution in [2.45, 2.75) is 45.6 Å². The minimum atomic E-state index is -4.48. The lowest BCUT2D eigenvalue weighted by Gasteiger charge is -2.30. The van der Waals surface area contributed by atoms with Crippen LogP contribution in [0.3, 0.4) is 0 Å². The molecule has 11 heteroatoms. The van der Waals surface area contributed by atoms with Crippen LogP contribution in [0.15, 0.2) is 61.1 Å². The normalized spacial score (nSPS) is 11.9. The largest absolute Gasteiger partial charge is 0.416 e. The van der Waals surface area contributed by atoms with Gasteiger partial charge in [-0.25, -0.2) is 4.98 Å². The standard InChI is InChI=1S/C27H29F3N6OS/c1-3-33-26(38)35(17-22-6-4-5-7-24(22)27(28,29)30)15-19(2)34-25(37)12-23-14-32-18-36(23)16-21-10-8-20(13-31)9-11-21/h4-11,14,18-19H,3,12,15-17H2,1-2H3,(H,33,38)(H,34,37). The topological polar surface area (TPSA) is 86.0 Å². The summed E-state index contributed by atoms with van der Waals surface area (Å²) < 4.78 is 42.4. The molecule has 0 saturated heterocycles. The first kappa shape index (κ1) is 28.7. The third kappa shape index (κ3) is 8.05. The fourth-order valence-electron chi connectivity index (χ4n) is 4.01. The smallest absolute Gasteiger partial charge is 0.363 e. The summed E-state index contributed by atoms with van der Waals surface area (Å²) in [6.07, 6.45) is -1.15. The lowest BCUT2D eigenvalue weighted by Crippen LogP contribution is -2.47. The minimum absolute atomic E-state index is 0.0565. The third-order valence-electron chi connectivity index (χ3n) is 5.78. The van der Waals surface area contributed by atoms with E-state index < -0.39 is 17.8 Å². The van der Waals surface area contributed by atoms with Gasteiger partial charge in [0, 0.05) is 44.1 Å². The Bertz CT molecular complexity index is 1280. The van der Waals surface area contributed by atoms with Crippen LogP contribution in [0.2, 0.25) is 0 Å². The number of carbonyl (C=O) groups excluding carboxylic acids is 1. The van der Waals surface area contributed by atoms with Crippen LogP contribution in [-0.2, 0) is 30.5 Å². The van der Waals surface area contributed by atoms with E-state index in [-0.39, 0.29) is 31.0 Å². The van der Waals surface area contributed by atoms with Gasteiger partial charge in [-0.2, -0.15) is 18.4 Å². The van der Waals surface area contributed by atoms with Crippen molar-refractivity contribution in [3.05, 3.63) is 89.0 Å². The van der Waals surface area contributed by atoms with E-state index in [0.717, 1.165) is 11.6 Å². The SMILES string of the molecule is CCNC(=S)N(Cc1ccccc1C(F)(F)F)CC(C)NC(=O)Cc1cncn1Cc1ccc(C#N)cc1. The van der Waals surface area contributed by atoms with Gasteiger partial charge < -0.3 is 20.1 Å². The Balaban J connectivity index is 1.64. The number of nitriles is 1. The summed E-state index contributed by atoms with van der Waals surface area (Å²) in [7, 11) is 0. The van der Waals surface area contributed by atoms with E-state index in [9.17, 15) is 18.0 Å². The van der Waals surface area contributed by atoms with E-state index in [2.05, 4.69) is 21.7 Å². The van der Waals surface area contributed by atoms with Gasteiger partial charge in [-0.3, -0.25) is 4.79 Å². The van der Waals surface area contributed by atoms with Crippen molar-refractivity contribution in [1.82, 2.24) is 25.1 Å². The number of alkyl halides is 3. The average Bonchev–Trinajstić information content (AvgIpc) is 3.29. The van der Waals surface area contributed by atoms with E-state index in [1.807, 2.05) is 23.6 Å². The molecule has 2 aromatic carbocycles. The Labute approximate surface area is 225 Å². The summed E-state index contributed by atoms with van der Waals surface area (Å²) in [6.45, 7) is 4.80. The molecule has 3 rings (SSSR count). The van der Waals surface area contributed by atoms with Gasteiger partial charge in [0.15, 0.2) is 5.11 Å². The summed E-state index contributed by atoms with van der Waals surface area (Å²) in [5.74, 6) is -0.246. The highest BCUT2D eigenvalue weighted by Crippen LogP contribution is 2.32. The number of nitrogens with one attached hydrogen (secondary N) is 2. The molecule has 0 aliphatic rings. The van der Waals surface area contributed by atoms with Gasteiger partial charge in [-0.15, -0.1) is 0 Å². The molecule has 38 heavy (non-hydrogen) atoms. The van der Waals surface area contributed by atoms with E-state index >= 15 is 0 Å². The van der Waals surface area contributed by atoms with Crippen molar-refractivity contribution < 1.29 is 18.0 Å². The first-order valence-corrected chi connectivity index (χ1v) is 12.5. The molecule has 3 aromatic rings. The van der Waals surface area contributed by atoms with E-state index in [1.165, 1.54) is 12.1 Å². The molecule has 1 heterocycles. The van der Waals surface area contributed by atoms with Crippen LogP contribution in [0.1, 0.15) is 41.8 Å². The molecular weight excluding hydrogens is 513 g/mol. The summed E-state index contributed by atoms with van der Waals surface area (Å²) in [5.41, 5.74) is 1.63. The second kappa shape index (κ2) is 13.1. The van der Waals surface area contributed by atoms with Gasteiger partial charge in [0.25, 0.3) is 0 Å². The Morgan fingerprint density at radius 1 is 1.21 bits per heavy atom. The van der Waals surface area contributed by atoms with E-state index in [1.54, 1.807) is 42.5 Å². The third-order valence-corrected chi connectivity index (χ3v) is 6.18. The monoisotopic (exact) mass is 542 g/mol. The van der Waals surface area contributed by atoms with Crippen molar-refractivity contribution in [2.24, 2.45) is 0 Å². The van der Waals surface area contributed by atoms with Crippen LogP contribution in [0.25, 0.3) is 0 Å². The van der Waals surface area contributed by atoms with Gasteiger partial charge in [0.05, 0.1) is 29.9 Å². The van der Waals surface area contributed by atoms with Crippen molar-refractivity contribution >= 4 is 23.2 Å². The summed E-state index contributed by atoms with van der Waals surface area (Å²) >= 11 is 5.42. The highest BCUT2D eigenvalue weighted by molar-refractivity contribution is 7.80. The maximum absolute atomic E-state index is 13.5. The summed E-state index contributed by atoms with van der Waals surface area (Å²) in [6, 6.07) is 14.3. The second-order valence-corrected chi connectivity index (χ2v) is 9.22. The van der Waals surface area contributed by atoms with Crippen LogP contribution in [-0.4, -0.2) is 44.6 Å². The Hall–Kier alpha value is -3.91. The lowest BCUT2D eigenvalue weighted by molar-refractivity contribution is -0.138. The van der Waals surface area contributed by atoms with Gasteiger partial charge in [0.1, 0.15) is 0 Å². The molecule has 2 N–H and O–H groups in total. The van der Waals surface area contributed by atoms with Crippen LogP contribution < -0.4 is 10.6 Å². The summed E-state index contributed by atoms with van der Waals surface area (Å²) in [4.78, 5) is 18.6. The number of benzene rings is 2. The second-order valence-electron chi connectivity index (χ2n) is 8.84. The molecular formula is C27H29F3N6OS. The molecule has 0 bridgehead atoms. The zero-order valence-corrected chi connectivity index (χ0v) is 21.9. The first-order valence-electron chi connectivity index (χ1n) is 12.1. The number of rotatable bonds is 10. The molecule has 1 aromatic heterocycles. The summed E-state index contributed by atoms with van der Waals surface area (Å²) in [5, 5.41) is 15.2. The van der Waals surface area contributed by atoms with Gasteiger partial charge in [-0.05, 0) is 55.4 Å². The van der Waals surface area contributed by atoms with Crippen molar-refractivity contribution in [3.8, 4) is 6.07 Å². The zero-order chi connectivity index (χ0) is 27.7.